The smallest absolute Gasteiger partial charge is 0.264 e. The summed E-state index contributed by atoms with van der Waals surface area (Å²) in [6.45, 7) is 5.36. The number of aryl methyl sites for hydroxylation is 3. The standard InChI is InChI=1S/C15H17FN2O2S/c1-9-4-5-14(12(16)6-9)18-21(19,20)15-8-11(3)10(2)7-13(15)17/h4-8,18H,17H2,1-3H3. The highest BCUT2D eigenvalue weighted by Crippen LogP contribution is 2.26. The number of halogens is 1. The number of nitrogens with one attached hydrogen (secondary N) is 1. The quantitative estimate of drug-likeness (QED) is 0.856. The molecule has 3 N–H and O–H groups in total. The Morgan fingerprint density at radius 1 is 1.05 bits per heavy atom. The highest BCUT2D eigenvalue weighted by molar-refractivity contribution is 7.92. The van der Waals surface area contributed by atoms with E-state index in [0.29, 0.717) is 5.56 Å². The summed E-state index contributed by atoms with van der Waals surface area (Å²) in [5.74, 6) is -0.624. The summed E-state index contributed by atoms with van der Waals surface area (Å²) in [7, 11) is -3.93. The fraction of sp³-hybridized carbons (Fsp3) is 0.200. The molecule has 2 aromatic rings. The molecule has 4 nitrogen and oxygen atoms in total. The molecule has 0 unspecified atom stereocenters. The minimum Gasteiger partial charge on any atom is -0.398 e. The van der Waals surface area contributed by atoms with Crippen LogP contribution in [0.1, 0.15) is 16.7 Å². The second-order valence-corrected chi connectivity index (χ2v) is 6.71. The van der Waals surface area contributed by atoms with E-state index in [2.05, 4.69) is 4.72 Å². The molecule has 0 aliphatic heterocycles. The van der Waals surface area contributed by atoms with Crippen molar-refractivity contribution in [2.75, 3.05) is 10.5 Å². The van der Waals surface area contributed by atoms with Gasteiger partial charge in [-0.25, -0.2) is 12.8 Å². The molecule has 0 aliphatic rings. The summed E-state index contributed by atoms with van der Waals surface area (Å²) in [5, 5.41) is 0. The highest BCUT2D eigenvalue weighted by atomic mass is 32.2. The van der Waals surface area contributed by atoms with Crippen LogP contribution < -0.4 is 10.5 Å². The van der Waals surface area contributed by atoms with Gasteiger partial charge in [0.1, 0.15) is 10.7 Å². The van der Waals surface area contributed by atoms with Gasteiger partial charge in [0.2, 0.25) is 0 Å². The SMILES string of the molecule is Cc1ccc(NS(=O)(=O)c2cc(C)c(C)cc2N)c(F)c1. The number of rotatable bonds is 3. The summed E-state index contributed by atoms with van der Waals surface area (Å²) in [6.07, 6.45) is 0. The highest BCUT2D eigenvalue weighted by Gasteiger charge is 2.20. The first kappa shape index (κ1) is 15.3. The van der Waals surface area contributed by atoms with Gasteiger partial charge in [0.15, 0.2) is 0 Å². The molecule has 6 heteroatoms. The van der Waals surface area contributed by atoms with Gasteiger partial charge >= 0.3 is 0 Å². The van der Waals surface area contributed by atoms with Crippen molar-refractivity contribution in [2.45, 2.75) is 25.7 Å². The zero-order chi connectivity index (χ0) is 15.8. The lowest BCUT2D eigenvalue weighted by Gasteiger charge is -2.13. The van der Waals surface area contributed by atoms with Crippen LogP contribution in [0.4, 0.5) is 15.8 Å². The van der Waals surface area contributed by atoms with Gasteiger partial charge in [-0.3, -0.25) is 4.72 Å². The molecule has 112 valence electrons. The van der Waals surface area contributed by atoms with E-state index in [-0.39, 0.29) is 16.3 Å². The molecule has 0 saturated heterocycles. The van der Waals surface area contributed by atoms with Crippen LogP contribution in [0, 0.1) is 26.6 Å². The van der Waals surface area contributed by atoms with Crippen LogP contribution in [0.15, 0.2) is 35.2 Å². The topological polar surface area (TPSA) is 72.2 Å². The van der Waals surface area contributed by atoms with Crippen LogP contribution in [-0.2, 0) is 10.0 Å². The minimum absolute atomic E-state index is 0.0504. The molecule has 0 heterocycles. The third-order valence-electron chi connectivity index (χ3n) is 3.28. The second kappa shape index (κ2) is 5.37. The van der Waals surface area contributed by atoms with E-state index >= 15 is 0 Å². The van der Waals surface area contributed by atoms with E-state index in [1.54, 1.807) is 26.0 Å². The van der Waals surface area contributed by atoms with Crippen molar-refractivity contribution in [3.05, 3.63) is 52.8 Å². The molecule has 0 saturated carbocycles. The van der Waals surface area contributed by atoms with Crippen molar-refractivity contribution in [3.8, 4) is 0 Å². The first-order valence-corrected chi connectivity index (χ1v) is 7.85. The Kier molecular flexibility index (Phi) is 3.91. The number of benzene rings is 2. The fourth-order valence-electron chi connectivity index (χ4n) is 1.95. The summed E-state index contributed by atoms with van der Waals surface area (Å²) < 4.78 is 40.7. The zero-order valence-electron chi connectivity index (χ0n) is 12.1. The van der Waals surface area contributed by atoms with Crippen LogP contribution in [0.2, 0.25) is 0 Å². The first-order chi connectivity index (χ1) is 9.70. The molecule has 0 radical (unpaired) electrons. The van der Waals surface area contributed by atoms with E-state index in [0.717, 1.165) is 11.1 Å². The van der Waals surface area contributed by atoms with Gasteiger partial charge in [-0.1, -0.05) is 6.07 Å². The lowest BCUT2D eigenvalue weighted by atomic mass is 10.1. The Bertz CT molecular complexity index is 802. The fourth-order valence-corrected chi connectivity index (χ4v) is 3.21. The van der Waals surface area contributed by atoms with E-state index in [4.69, 9.17) is 5.73 Å². The number of hydrogen-bond acceptors (Lipinski definition) is 3. The molecule has 0 aliphatic carbocycles. The maximum atomic E-state index is 13.8. The van der Waals surface area contributed by atoms with E-state index < -0.39 is 15.8 Å². The lowest BCUT2D eigenvalue weighted by molar-refractivity contribution is 0.598. The summed E-state index contributed by atoms with van der Waals surface area (Å²) in [6, 6.07) is 7.36. The van der Waals surface area contributed by atoms with Crippen molar-refractivity contribution in [1.82, 2.24) is 0 Å². The minimum atomic E-state index is -3.93. The number of sulfonamides is 1. The molecule has 0 bridgehead atoms. The molecule has 0 fully saturated rings. The van der Waals surface area contributed by atoms with Gasteiger partial charge in [0.25, 0.3) is 10.0 Å². The van der Waals surface area contributed by atoms with Crippen LogP contribution in [-0.4, -0.2) is 8.42 Å². The Morgan fingerprint density at radius 2 is 1.67 bits per heavy atom. The monoisotopic (exact) mass is 308 g/mol. The first-order valence-electron chi connectivity index (χ1n) is 6.36. The molecule has 0 atom stereocenters. The normalized spacial score (nSPS) is 11.4. The molecule has 0 amide bonds. The Morgan fingerprint density at radius 3 is 2.29 bits per heavy atom. The van der Waals surface area contributed by atoms with Crippen molar-refractivity contribution < 1.29 is 12.8 Å². The maximum absolute atomic E-state index is 13.8. The van der Waals surface area contributed by atoms with Gasteiger partial charge in [0.05, 0.1) is 11.4 Å². The van der Waals surface area contributed by atoms with Crippen molar-refractivity contribution in [1.29, 1.82) is 0 Å². The molecule has 2 aromatic carbocycles. The average molecular weight is 308 g/mol. The molecular formula is C15H17FN2O2S. The zero-order valence-corrected chi connectivity index (χ0v) is 12.9. The van der Waals surface area contributed by atoms with Crippen LogP contribution >= 0.6 is 0 Å². The summed E-state index contributed by atoms with van der Waals surface area (Å²) in [4.78, 5) is -0.0504. The number of hydrogen-bond donors (Lipinski definition) is 2. The summed E-state index contributed by atoms with van der Waals surface area (Å²) >= 11 is 0. The van der Waals surface area contributed by atoms with E-state index in [1.807, 2.05) is 6.92 Å². The molecular weight excluding hydrogens is 291 g/mol. The Labute approximate surface area is 123 Å². The van der Waals surface area contributed by atoms with Crippen molar-refractivity contribution in [3.63, 3.8) is 0 Å². The Balaban J connectivity index is 2.46. The third-order valence-corrected chi connectivity index (χ3v) is 4.71. The van der Waals surface area contributed by atoms with Gasteiger partial charge in [-0.05, 0) is 61.7 Å². The third kappa shape index (κ3) is 3.16. The van der Waals surface area contributed by atoms with Crippen LogP contribution in [0.5, 0.6) is 0 Å². The van der Waals surface area contributed by atoms with Crippen molar-refractivity contribution >= 4 is 21.4 Å². The van der Waals surface area contributed by atoms with Gasteiger partial charge in [0, 0.05) is 0 Å². The summed E-state index contributed by atoms with van der Waals surface area (Å²) in [5.41, 5.74) is 8.22. The van der Waals surface area contributed by atoms with Crippen LogP contribution in [0.25, 0.3) is 0 Å². The predicted octanol–water partition coefficient (Wildman–Crippen LogP) is 3.13. The largest absolute Gasteiger partial charge is 0.398 e. The Hall–Kier alpha value is -2.08. The van der Waals surface area contributed by atoms with E-state index in [1.165, 1.54) is 18.2 Å². The maximum Gasteiger partial charge on any atom is 0.264 e. The number of nitrogens with two attached hydrogens (primary N) is 1. The molecule has 2 rings (SSSR count). The number of anilines is 2. The number of nitrogen functional groups attached to an aromatic ring is 1. The molecule has 0 spiro atoms. The molecule has 0 aromatic heterocycles. The van der Waals surface area contributed by atoms with Crippen LogP contribution in [0.3, 0.4) is 0 Å². The predicted molar refractivity (Wildman–Crippen MR) is 82.3 cm³/mol. The van der Waals surface area contributed by atoms with Gasteiger partial charge in [-0.15, -0.1) is 0 Å². The van der Waals surface area contributed by atoms with Gasteiger partial charge in [-0.2, -0.15) is 0 Å². The lowest BCUT2D eigenvalue weighted by Crippen LogP contribution is -2.16. The average Bonchev–Trinajstić information content (AvgIpc) is 2.37. The van der Waals surface area contributed by atoms with E-state index in [9.17, 15) is 12.8 Å². The van der Waals surface area contributed by atoms with Gasteiger partial charge < -0.3 is 5.73 Å². The molecule has 21 heavy (non-hydrogen) atoms. The van der Waals surface area contributed by atoms with Crippen molar-refractivity contribution in [2.24, 2.45) is 0 Å². The second-order valence-electron chi connectivity index (χ2n) is 5.06.